The lowest BCUT2D eigenvalue weighted by molar-refractivity contribution is -0.142. The van der Waals surface area contributed by atoms with Gasteiger partial charge in [-0.1, -0.05) is 13.3 Å². The van der Waals surface area contributed by atoms with Crippen molar-refractivity contribution in [3.05, 3.63) is 23.8 Å². The highest BCUT2D eigenvalue weighted by atomic mass is 32.2. The summed E-state index contributed by atoms with van der Waals surface area (Å²) in [7, 11) is 0. The molecule has 2 N–H and O–H groups in total. The predicted molar refractivity (Wildman–Crippen MR) is 72.0 cm³/mol. The fourth-order valence-corrected chi connectivity index (χ4v) is 2.70. The average molecular weight is 289 g/mol. The van der Waals surface area contributed by atoms with Crippen LogP contribution < -0.4 is 5.73 Å². The molecule has 0 saturated heterocycles. The van der Waals surface area contributed by atoms with Gasteiger partial charge in [0.05, 0.1) is 11.5 Å². The number of thioether (sulfide) groups is 1. The summed E-state index contributed by atoms with van der Waals surface area (Å²) in [5.74, 6) is -1.97. The van der Waals surface area contributed by atoms with E-state index in [4.69, 9.17) is 10.5 Å². The molecule has 0 spiro atoms. The van der Waals surface area contributed by atoms with Crippen LogP contribution in [0.5, 0.6) is 0 Å². The molecule has 1 rings (SSSR count). The Hall–Kier alpha value is -1.30. The Morgan fingerprint density at radius 3 is 2.42 bits per heavy atom. The lowest BCUT2D eigenvalue weighted by atomic mass is 10.2. The average Bonchev–Trinajstić information content (AvgIpc) is 2.32. The molecule has 1 aromatic carbocycles. The topological polar surface area (TPSA) is 52.3 Å². The first-order valence-electron chi connectivity index (χ1n) is 6.07. The fraction of sp³-hybridized carbons (Fsp3) is 0.462. The van der Waals surface area contributed by atoms with E-state index in [-0.39, 0.29) is 17.2 Å². The van der Waals surface area contributed by atoms with Crippen LogP contribution in [0.2, 0.25) is 0 Å². The zero-order valence-corrected chi connectivity index (χ0v) is 11.7. The Morgan fingerprint density at radius 1 is 1.37 bits per heavy atom. The summed E-state index contributed by atoms with van der Waals surface area (Å²) in [5.41, 5.74) is 5.36. The maximum atomic E-state index is 13.7. The zero-order chi connectivity index (χ0) is 14.4. The minimum absolute atomic E-state index is 0.0162. The van der Waals surface area contributed by atoms with Crippen molar-refractivity contribution in [2.75, 3.05) is 12.3 Å². The SMILES string of the molecule is CCCC(Sc1c(F)cc(N)cc1F)C(=O)OCC. The van der Waals surface area contributed by atoms with E-state index in [9.17, 15) is 13.6 Å². The molecule has 0 aromatic heterocycles. The van der Waals surface area contributed by atoms with Gasteiger partial charge >= 0.3 is 5.97 Å². The lowest BCUT2D eigenvalue weighted by Gasteiger charge is -2.15. The van der Waals surface area contributed by atoms with Crippen LogP contribution in [0.3, 0.4) is 0 Å². The molecule has 0 aliphatic heterocycles. The third-order valence-electron chi connectivity index (χ3n) is 2.38. The smallest absolute Gasteiger partial charge is 0.319 e. The van der Waals surface area contributed by atoms with Gasteiger partial charge in [-0.25, -0.2) is 8.78 Å². The maximum absolute atomic E-state index is 13.7. The van der Waals surface area contributed by atoms with Gasteiger partial charge < -0.3 is 10.5 Å². The molecular formula is C13H17F2NO2S. The van der Waals surface area contributed by atoms with Crippen LogP contribution in [0, 0.1) is 11.6 Å². The molecule has 0 fully saturated rings. The lowest BCUT2D eigenvalue weighted by Crippen LogP contribution is -2.20. The molecule has 0 bridgehead atoms. The van der Waals surface area contributed by atoms with Crippen molar-refractivity contribution < 1.29 is 18.3 Å². The molecule has 0 saturated carbocycles. The van der Waals surface area contributed by atoms with Gasteiger partial charge in [0.2, 0.25) is 0 Å². The summed E-state index contributed by atoms with van der Waals surface area (Å²) in [5, 5.41) is -0.613. The Balaban J connectivity index is 2.93. The molecule has 6 heteroatoms. The number of hydrogen-bond donors (Lipinski definition) is 1. The molecular weight excluding hydrogens is 272 g/mol. The van der Waals surface area contributed by atoms with Gasteiger partial charge in [0.15, 0.2) is 0 Å². The Labute approximate surface area is 115 Å². The van der Waals surface area contributed by atoms with Crippen molar-refractivity contribution >= 4 is 23.4 Å². The number of carbonyl (C=O) groups excluding carboxylic acids is 1. The molecule has 0 aliphatic rings. The van der Waals surface area contributed by atoms with E-state index in [1.807, 2.05) is 6.92 Å². The van der Waals surface area contributed by atoms with Crippen LogP contribution in [0.15, 0.2) is 17.0 Å². The first kappa shape index (κ1) is 15.8. The van der Waals surface area contributed by atoms with Crippen LogP contribution in [0.25, 0.3) is 0 Å². The second kappa shape index (κ2) is 7.33. The number of halogens is 2. The number of hydrogen-bond acceptors (Lipinski definition) is 4. The van der Waals surface area contributed by atoms with Gasteiger partial charge in [-0.05, 0) is 25.5 Å². The second-order valence-electron chi connectivity index (χ2n) is 3.96. The molecule has 1 aromatic rings. The molecule has 0 radical (unpaired) electrons. The minimum atomic E-state index is -0.757. The molecule has 0 heterocycles. The van der Waals surface area contributed by atoms with E-state index >= 15 is 0 Å². The number of nitrogen functional groups attached to an aromatic ring is 1. The van der Waals surface area contributed by atoms with Gasteiger partial charge in [0.25, 0.3) is 0 Å². The molecule has 106 valence electrons. The summed E-state index contributed by atoms with van der Waals surface area (Å²) in [6.45, 7) is 3.82. The summed E-state index contributed by atoms with van der Waals surface area (Å²) in [6.07, 6.45) is 1.21. The van der Waals surface area contributed by atoms with Crippen LogP contribution in [-0.2, 0) is 9.53 Å². The highest BCUT2D eigenvalue weighted by Gasteiger charge is 2.24. The largest absolute Gasteiger partial charge is 0.465 e. The van der Waals surface area contributed by atoms with Gasteiger partial charge in [-0.3, -0.25) is 4.79 Å². The molecule has 0 aliphatic carbocycles. The van der Waals surface area contributed by atoms with E-state index in [0.717, 1.165) is 23.9 Å². The summed E-state index contributed by atoms with van der Waals surface area (Å²) in [4.78, 5) is 11.5. The molecule has 3 nitrogen and oxygen atoms in total. The summed E-state index contributed by atoms with van der Waals surface area (Å²) >= 11 is 0.843. The third-order valence-corrected chi connectivity index (χ3v) is 3.72. The number of benzene rings is 1. The van der Waals surface area contributed by atoms with Gasteiger partial charge in [0.1, 0.15) is 16.9 Å². The standard InChI is InChI=1S/C13H17F2NO2S/c1-3-5-11(13(17)18-4-2)19-12-9(14)6-8(16)7-10(12)15/h6-7,11H,3-5,16H2,1-2H3. The number of nitrogens with two attached hydrogens (primary N) is 1. The number of anilines is 1. The highest BCUT2D eigenvalue weighted by molar-refractivity contribution is 8.00. The van der Waals surface area contributed by atoms with Crippen molar-refractivity contribution in [1.82, 2.24) is 0 Å². The number of carbonyl (C=O) groups is 1. The van der Waals surface area contributed by atoms with E-state index in [1.165, 1.54) is 0 Å². The first-order chi connectivity index (χ1) is 8.99. The van der Waals surface area contributed by atoms with E-state index in [0.29, 0.717) is 12.8 Å². The minimum Gasteiger partial charge on any atom is -0.465 e. The van der Waals surface area contributed by atoms with Gasteiger partial charge in [0, 0.05) is 5.69 Å². The van der Waals surface area contributed by atoms with Crippen molar-refractivity contribution in [1.29, 1.82) is 0 Å². The summed E-state index contributed by atoms with van der Waals surface area (Å²) < 4.78 is 32.2. The Kier molecular flexibility index (Phi) is 6.08. The third kappa shape index (κ3) is 4.38. The monoisotopic (exact) mass is 289 g/mol. The van der Waals surface area contributed by atoms with E-state index in [1.54, 1.807) is 6.92 Å². The van der Waals surface area contributed by atoms with E-state index in [2.05, 4.69) is 0 Å². The molecule has 19 heavy (non-hydrogen) atoms. The van der Waals surface area contributed by atoms with Gasteiger partial charge in [-0.15, -0.1) is 11.8 Å². The highest BCUT2D eigenvalue weighted by Crippen LogP contribution is 2.32. The van der Waals surface area contributed by atoms with Crippen LogP contribution in [0.4, 0.5) is 14.5 Å². The predicted octanol–water partition coefficient (Wildman–Crippen LogP) is 3.37. The second-order valence-corrected chi connectivity index (χ2v) is 5.17. The molecule has 0 amide bonds. The van der Waals surface area contributed by atoms with Gasteiger partial charge in [-0.2, -0.15) is 0 Å². The van der Waals surface area contributed by atoms with E-state index < -0.39 is 22.9 Å². The van der Waals surface area contributed by atoms with Crippen molar-refractivity contribution in [2.24, 2.45) is 0 Å². The van der Waals surface area contributed by atoms with Crippen molar-refractivity contribution in [2.45, 2.75) is 36.8 Å². The zero-order valence-electron chi connectivity index (χ0n) is 10.9. The Morgan fingerprint density at radius 2 is 1.95 bits per heavy atom. The van der Waals surface area contributed by atoms with Crippen LogP contribution in [-0.4, -0.2) is 17.8 Å². The first-order valence-corrected chi connectivity index (χ1v) is 6.95. The van der Waals surface area contributed by atoms with Crippen LogP contribution in [0.1, 0.15) is 26.7 Å². The quantitative estimate of drug-likeness (QED) is 0.495. The van der Waals surface area contributed by atoms with Crippen molar-refractivity contribution in [3.8, 4) is 0 Å². The molecule has 1 atom stereocenters. The number of esters is 1. The Bertz CT molecular complexity index is 431. The number of ether oxygens (including phenoxy) is 1. The maximum Gasteiger partial charge on any atom is 0.319 e. The van der Waals surface area contributed by atoms with Crippen LogP contribution >= 0.6 is 11.8 Å². The molecule has 1 unspecified atom stereocenters. The number of rotatable bonds is 6. The fourth-order valence-electron chi connectivity index (χ4n) is 1.56. The van der Waals surface area contributed by atoms with Crippen molar-refractivity contribution in [3.63, 3.8) is 0 Å². The normalized spacial score (nSPS) is 12.2. The summed E-state index contributed by atoms with van der Waals surface area (Å²) in [6, 6.07) is 2.08.